The number of amides is 1. The van der Waals surface area contributed by atoms with Crippen LogP contribution in [0, 0.1) is 17.5 Å². The minimum absolute atomic E-state index is 0.246. The average molecular weight is 268 g/mol. The molecule has 0 spiro atoms. The lowest BCUT2D eigenvalue weighted by Gasteiger charge is -2.07. The predicted molar refractivity (Wildman–Crippen MR) is 63.1 cm³/mol. The van der Waals surface area contributed by atoms with E-state index in [1.165, 1.54) is 0 Å². The molecule has 0 bridgehead atoms. The van der Waals surface area contributed by atoms with Gasteiger partial charge >= 0.3 is 0 Å². The summed E-state index contributed by atoms with van der Waals surface area (Å²) < 4.78 is 40.5. The van der Waals surface area contributed by atoms with Crippen molar-refractivity contribution < 1.29 is 18.0 Å². The number of carbonyl (C=O) groups is 1. The van der Waals surface area contributed by atoms with Crippen molar-refractivity contribution in [3.05, 3.63) is 59.7 Å². The highest BCUT2D eigenvalue weighted by molar-refractivity contribution is 5.94. The molecular weight excluding hydrogens is 257 g/mol. The Kier molecular flexibility index (Phi) is 3.89. The Morgan fingerprint density at radius 2 is 1.68 bits per heavy atom. The quantitative estimate of drug-likeness (QED) is 0.848. The molecule has 3 nitrogen and oxygen atoms in total. The summed E-state index contributed by atoms with van der Waals surface area (Å²) >= 11 is 0. The molecule has 0 radical (unpaired) electrons. The van der Waals surface area contributed by atoms with E-state index in [1.807, 2.05) is 29.1 Å². The highest BCUT2D eigenvalue weighted by Crippen LogP contribution is 2.13. The minimum Gasteiger partial charge on any atom is -0.353 e. The minimum atomic E-state index is -1.58. The number of nitrogens with one attached hydrogen (secondary N) is 1. The summed E-state index contributed by atoms with van der Waals surface area (Å²) in [6.45, 7) is 0.832. The summed E-state index contributed by atoms with van der Waals surface area (Å²) in [5, 5.41) is 2.50. The fourth-order valence-corrected chi connectivity index (χ4v) is 1.61. The zero-order valence-corrected chi connectivity index (χ0v) is 9.87. The Morgan fingerprint density at radius 3 is 2.26 bits per heavy atom. The maximum absolute atomic E-state index is 12.9. The smallest absolute Gasteiger partial charge is 0.251 e. The van der Waals surface area contributed by atoms with Gasteiger partial charge in [0.15, 0.2) is 17.5 Å². The van der Waals surface area contributed by atoms with Crippen LogP contribution in [0.4, 0.5) is 13.2 Å². The van der Waals surface area contributed by atoms with E-state index >= 15 is 0 Å². The first kappa shape index (κ1) is 13.2. The van der Waals surface area contributed by atoms with Crippen molar-refractivity contribution in [2.45, 2.75) is 6.54 Å². The molecule has 1 aromatic carbocycles. The number of halogens is 3. The summed E-state index contributed by atoms with van der Waals surface area (Å²) in [6, 6.07) is 5.02. The molecule has 100 valence electrons. The van der Waals surface area contributed by atoms with Crippen LogP contribution in [0.25, 0.3) is 0 Å². The van der Waals surface area contributed by atoms with Gasteiger partial charge in [-0.25, -0.2) is 13.2 Å². The maximum Gasteiger partial charge on any atom is 0.251 e. The number of nitrogens with zero attached hydrogens (tertiary/aromatic N) is 1. The van der Waals surface area contributed by atoms with Gasteiger partial charge in [0.05, 0.1) is 0 Å². The molecule has 2 aromatic rings. The number of rotatable bonds is 4. The molecule has 0 fully saturated rings. The first-order valence-electron chi connectivity index (χ1n) is 5.61. The van der Waals surface area contributed by atoms with E-state index < -0.39 is 23.4 Å². The van der Waals surface area contributed by atoms with Gasteiger partial charge < -0.3 is 9.88 Å². The zero-order chi connectivity index (χ0) is 13.8. The molecule has 1 aromatic heterocycles. The van der Waals surface area contributed by atoms with E-state index in [2.05, 4.69) is 5.32 Å². The Morgan fingerprint density at radius 1 is 1.11 bits per heavy atom. The molecule has 6 heteroatoms. The third-order valence-corrected chi connectivity index (χ3v) is 2.57. The standard InChI is InChI=1S/C13H11F3N2O/c14-10-7-9(8-11(15)12(10)16)13(19)17-3-6-18-4-1-2-5-18/h1-2,4-5,7-8H,3,6H2,(H,17,19). The molecule has 0 atom stereocenters. The van der Waals surface area contributed by atoms with Gasteiger partial charge in [-0.2, -0.15) is 0 Å². The van der Waals surface area contributed by atoms with E-state index in [0.717, 1.165) is 0 Å². The topological polar surface area (TPSA) is 34.0 Å². The van der Waals surface area contributed by atoms with Crippen LogP contribution in [0.3, 0.4) is 0 Å². The van der Waals surface area contributed by atoms with E-state index in [4.69, 9.17) is 0 Å². The lowest BCUT2D eigenvalue weighted by molar-refractivity contribution is 0.0951. The summed E-state index contributed by atoms with van der Waals surface area (Å²) in [5.41, 5.74) is -0.246. The van der Waals surface area contributed by atoms with Crippen molar-refractivity contribution in [3.63, 3.8) is 0 Å². The van der Waals surface area contributed by atoms with E-state index in [0.29, 0.717) is 25.2 Å². The fraction of sp³-hybridized carbons (Fsp3) is 0.154. The second-order valence-electron chi connectivity index (χ2n) is 3.93. The molecule has 0 saturated carbocycles. The third-order valence-electron chi connectivity index (χ3n) is 2.57. The van der Waals surface area contributed by atoms with E-state index in [-0.39, 0.29) is 5.56 Å². The van der Waals surface area contributed by atoms with Gasteiger partial charge in [0.1, 0.15) is 0 Å². The third kappa shape index (κ3) is 3.15. The maximum atomic E-state index is 12.9. The zero-order valence-electron chi connectivity index (χ0n) is 9.87. The second kappa shape index (κ2) is 5.60. The molecule has 0 aliphatic rings. The highest BCUT2D eigenvalue weighted by Gasteiger charge is 2.14. The molecule has 19 heavy (non-hydrogen) atoms. The van der Waals surface area contributed by atoms with Crippen molar-refractivity contribution in [1.82, 2.24) is 9.88 Å². The molecular formula is C13H11F3N2O. The highest BCUT2D eigenvalue weighted by atomic mass is 19.2. The second-order valence-corrected chi connectivity index (χ2v) is 3.93. The van der Waals surface area contributed by atoms with Gasteiger partial charge in [-0.3, -0.25) is 4.79 Å². The van der Waals surface area contributed by atoms with Crippen LogP contribution in [-0.4, -0.2) is 17.0 Å². The van der Waals surface area contributed by atoms with Crippen molar-refractivity contribution in [2.24, 2.45) is 0 Å². The number of hydrogen-bond acceptors (Lipinski definition) is 1. The first-order chi connectivity index (χ1) is 9.08. The Balaban J connectivity index is 1.96. The Bertz CT molecular complexity index is 559. The van der Waals surface area contributed by atoms with Crippen LogP contribution in [0.2, 0.25) is 0 Å². The molecule has 0 aliphatic carbocycles. The van der Waals surface area contributed by atoms with Crippen LogP contribution < -0.4 is 5.32 Å². The number of hydrogen-bond donors (Lipinski definition) is 1. The molecule has 0 unspecified atom stereocenters. The summed E-state index contributed by atoms with van der Waals surface area (Å²) in [6.07, 6.45) is 3.65. The number of benzene rings is 1. The Labute approximate surface area is 107 Å². The fourth-order valence-electron chi connectivity index (χ4n) is 1.61. The molecule has 2 rings (SSSR count). The first-order valence-corrected chi connectivity index (χ1v) is 5.61. The van der Waals surface area contributed by atoms with Gasteiger partial charge in [0.25, 0.3) is 5.91 Å². The molecule has 1 amide bonds. The molecule has 0 aliphatic heterocycles. The van der Waals surface area contributed by atoms with Crippen molar-refractivity contribution in [1.29, 1.82) is 0 Å². The van der Waals surface area contributed by atoms with Gasteiger partial charge in [-0.1, -0.05) is 0 Å². The lowest BCUT2D eigenvalue weighted by atomic mass is 10.2. The van der Waals surface area contributed by atoms with Crippen LogP contribution >= 0.6 is 0 Å². The van der Waals surface area contributed by atoms with Crippen molar-refractivity contribution in [2.75, 3.05) is 6.54 Å². The lowest BCUT2D eigenvalue weighted by Crippen LogP contribution is -2.27. The summed E-state index contributed by atoms with van der Waals surface area (Å²) in [7, 11) is 0. The summed E-state index contributed by atoms with van der Waals surface area (Å²) in [4.78, 5) is 11.6. The van der Waals surface area contributed by atoms with Crippen LogP contribution in [-0.2, 0) is 6.54 Å². The number of carbonyl (C=O) groups excluding carboxylic acids is 1. The van der Waals surface area contributed by atoms with E-state index in [9.17, 15) is 18.0 Å². The Hall–Kier alpha value is -2.24. The van der Waals surface area contributed by atoms with Gasteiger partial charge in [-0.15, -0.1) is 0 Å². The normalized spacial score (nSPS) is 10.5. The van der Waals surface area contributed by atoms with Crippen molar-refractivity contribution in [3.8, 4) is 0 Å². The van der Waals surface area contributed by atoms with Gasteiger partial charge in [0.2, 0.25) is 0 Å². The van der Waals surface area contributed by atoms with Crippen molar-refractivity contribution >= 4 is 5.91 Å². The molecule has 1 heterocycles. The van der Waals surface area contributed by atoms with Gasteiger partial charge in [-0.05, 0) is 24.3 Å². The van der Waals surface area contributed by atoms with E-state index in [1.54, 1.807) is 0 Å². The van der Waals surface area contributed by atoms with Gasteiger partial charge in [0, 0.05) is 31.0 Å². The van der Waals surface area contributed by atoms with Crippen LogP contribution in [0.15, 0.2) is 36.7 Å². The molecule has 0 saturated heterocycles. The predicted octanol–water partition coefficient (Wildman–Crippen LogP) is 2.34. The number of aromatic nitrogens is 1. The summed E-state index contributed by atoms with van der Waals surface area (Å²) in [5.74, 6) is -4.99. The largest absolute Gasteiger partial charge is 0.353 e. The van der Waals surface area contributed by atoms with Crippen LogP contribution in [0.1, 0.15) is 10.4 Å². The monoisotopic (exact) mass is 268 g/mol. The SMILES string of the molecule is O=C(NCCn1cccc1)c1cc(F)c(F)c(F)c1. The molecule has 1 N–H and O–H groups in total. The average Bonchev–Trinajstić information content (AvgIpc) is 2.88. The van der Waals surface area contributed by atoms with Crippen LogP contribution in [0.5, 0.6) is 0 Å².